The van der Waals surface area contributed by atoms with Crippen LogP contribution in [0, 0.1) is 38.5 Å². The zero-order valence-electron chi connectivity index (χ0n) is 19.5. The second-order valence-electron chi connectivity index (χ2n) is 8.53. The van der Waals surface area contributed by atoms with E-state index in [1.54, 1.807) is 0 Å². The number of carbonyl (C=O) groups is 2. The van der Waals surface area contributed by atoms with Gasteiger partial charge in [0, 0.05) is 72.0 Å². The molecule has 0 aromatic rings. The predicted molar refractivity (Wildman–Crippen MR) is 114 cm³/mol. The second-order valence-corrected chi connectivity index (χ2v) is 8.53. The third-order valence-electron chi connectivity index (χ3n) is 3.20. The number of hydrogen-bond donors (Lipinski definition) is 2. The van der Waals surface area contributed by atoms with Gasteiger partial charge in [0.2, 0.25) is 0 Å². The van der Waals surface area contributed by atoms with Crippen molar-refractivity contribution in [2.45, 2.75) is 80.1 Å². The van der Waals surface area contributed by atoms with Gasteiger partial charge < -0.3 is 38.3 Å². The average Bonchev–Trinajstić information content (AvgIpc) is 2.54. The van der Waals surface area contributed by atoms with E-state index >= 15 is 0 Å². The molecule has 0 unspecified atom stereocenters. The van der Waals surface area contributed by atoms with E-state index < -0.39 is 0 Å². The summed E-state index contributed by atoms with van der Waals surface area (Å²) in [6.07, 6.45) is 5.14. The van der Waals surface area contributed by atoms with E-state index in [1.807, 2.05) is 0 Å². The van der Waals surface area contributed by atoms with Crippen LogP contribution >= 0.6 is 0 Å². The molecule has 2 radical (unpaired) electrons. The Morgan fingerprint density at radius 3 is 1.36 bits per heavy atom. The van der Waals surface area contributed by atoms with Gasteiger partial charge in [0.1, 0.15) is 0 Å². The van der Waals surface area contributed by atoms with Crippen LogP contribution in [0.4, 0.5) is 0 Å². The van der Waals surface area contributed by atoms with Crippen LogP contribution in [0.2, 0.25) is 0 Å². The van der Waals surface area contributed by atoms with Crippen LogP contribution in [-0.2, 0) is 75.0 Å². The van der Waals surface area contributed by atoms with Crippen molar-refractivity contribution in [3.8, 4) is 0 Å². The van der Waals surface area contributed by atoms with Gasteiger partial charge in [-0.25, -0.2) is 0 Å². The third kappa shape index (κ3) is 45.7. The average molecular weight is 546 g/mol. The van der Waals surface area contributed by atoms with Gasteiger partial charge in [0.25, 0.3) is 0 Å². The Bertz CT molecular complexity index is 349. The first kappa shape index (κ1) is 39.6. The van der Waals surface area contributed by atoms with Crippen LogP contribution in [0.25, 0.3) is 0 Å². The Kier molecular flexibility index (Phi) is 34.5. The first-order chi connectivity index (χ1) is 11.8. The summed E-state index contributed by atoms with van der Waals surface area (Å²) >= 11 is 0. The maximum Gasteiger partial charge on any atom is 0.189 e. The summed E-state index contributed by atoms with van der Waals surface area (Å²) < 4.78 is 0. The van der Waals surface area contributed by atoms with Crippen molar-refractivity contribution in [3.63, 3.8) is 0 Å². The molecule has 0 aromatic carbocycles. The second kappa shape index (κ2) is 24.4. The molecule has 2 amide bonds. The van der Waals surface area contributed by atoms with Gasteiger partial charge in [0.05, 0.1) is 0 Å². The molecule has 0 bridgehead atoms. The summed E-state index contributed by atoms with van der Waals surface area (Å²) in [5.41, 5.74) is 0.844. The topological polar surface area (TPSA) is 58.2 Å². The van der Waals surface area contributed by atoms with E-state index in [1.165, 1.54) is 12.8 Å². The molecule has 0 spiro atoms. The van der Waals surface area contributed by atoms with Crippen molar-refractivity contribution in [1.29, 1.82) is 0 Å². The predicted octanol–water partition coefficient (Wildman–Crippen LogP) is 4.96. The SMILES string of the molecule is [CH2-]CC(=O)NCCCCC(C)(C)C.[CH2-]CC(C)(C)C.[CH2-]CNC(=O)C[CH2-].[Y].[Y]. The fourth-order valence-corrected chi connectivity index (χ4v) is 1.32. The van der Waals surface area contributed by atoms with Crippen molar-refractivity contribution in [2.75, 3.05) is 13.1 Å². The molecule has 0 fully saturated rings. The number of unbranched alkanes of at least 4 members (excludes halogenated alkanes) is 1. The van der Waals surface area contributed by atoms with Crippen LogP contribution < -0.4 is 10.6 Å². The van der Waals surface area contributed by atoms with Gasteiger partial charge in [-0.1, -0.05) is 53.4 Å². The van der Waals surface area contributed by atoms with E-state index in [2.05, 4.69) is 79.9 Å². The summed E-state index contributed by atoms with van der Waals surface area (Å²) in [6, 6.07) is 0. The molecule has 4 nitrogen and oxygen atoms in total. The Labute approximate surface area is 227 Å². The molecular formula is C22H44N2O2Y2-4. The quantitative estimate of drug-likeness (QED) is 0.351. The maximum absolute atomic E-state index is 10.8. The minimum Gasteiger partial charge on any atom is -0.388 e. The summed E-state index contributed by atoms with van der Waals surface area (Å²) in [5.74, 6) is 0.00533. The van der Waals surface area contributed by atoms with Gasteiger partial charge in [0.15, 0.2) is 11.8 Å². The minimum atomic E-state index is -0.0463. The maximum atomic E-state index is 10.8. The van der Waals surface area contributed by atoms with Crippen LogP contribution in [0.3, 0.4) is 0 Å². The first-order valence-corrected chi connectivity index (χ1v) is 9.53. The summed E-state index contributed by atoms with van der Waals surface area (Å²) in [6.45, 7) is 28.6. The molecule has 0 saturated heterocycles. The molecule has 0 aliphatic rings. The number of nitrogens with one attached hydrogen (secondary N) is 2. The van der Waals surface area contributed by atoms with E-state index in [0.29, 0.717) is 30.2 Å². The van der Waals surface area contributed by atoms with E-state index in [-0.39, 0.29) is 77.2 Å². The molecule has 164 valence electrons. The number of carbonyl (C=O) groups excluding carboxylic acids is 2. The number of amides is 2. The van der Waals surface area contributed by atoms with Gasteiger partial charge >= 0.3 is 0 Å². The van der Waals surface area contributed by atoms with Crippen LogP contribution in [-0.4, -0.2) is 24.9 Å². The molecule has 2 N–H and O–H groups in total. The van der Waals surface area contributed by atoms with Crippen LogP contribution in [0.5, 0.6) is 0 Å². The van der Waals surface area contributed by atoms with Crippen LogP contribution in [0.15, 0.2) is 0 Å². The Balaban J connectivity index is -0.000000101. The van der Waals surface area contributed by atoms with E-state index in [0.717, 1.165) is 19.4 Å². The molecule has 0 aliphatic carbocycles. The fourth-order valence-electron chi connectivity index (χ4n) is 1.32. The molecular weight excluding hydrogens is 502 g/mol. The molecule has 0 aromatic heterocycles. The molecule has 0 saturated carbocycles. The van der Waals surface area contributed by atoms with Crippen molar-refractivity contribution in [3.05, 3.63) is 27.7 Å². The summed E-state index contributed by atoms with van der Waals surface area (Å²) in [4.78, 5) is 21.0. The Morgan fingerprint density at radius 2 is 1.11 bits per heavy atom. The summed E-state index contributed by atoms with van der Waals surface area (Å²) in [5, 5.41) is 5.30. The molecule has 0 atom stereocenters. The molecule has 0 aliphatic heterocycles. The molecule has 28 heavy (non-hydrogen) atoms. The van der Waals surface area contributed by atoms with Crippen molar-refractivity contribution in [2.24, 2.45) is 10.8 Å². The molecule has 0 rings (SSSR count). The van der Waals surface area contributed by atoms with Gasteiger partial charge in [-0.15, -0.1) is 19.4 Å². The number of rotatable bonds is 7. The number of hydrogen-bond acceptors (Lipinski definition) is 2. The van der Waals surface area contributed by atoms with Gasteiger partial charge in [-0.05, 0) is 18.3 Å². The minimum absolute atomic E-state index is 0. The van der Waals surface area contributed by atoms with Crippen molar-refractivity contribution < 1.29 is 75.0 Å². The van der Waals surface area contributed by atoms with E-state index in [9.17, 15) is 9.59 Å². The molecule has 0 heterocycles. The van der Waals surface area contributed by atoms with Gasteiger partial charge in [-0.3, -0.25) is 9.59 Å². The standard InChI is InChI=1S/C11H22NO.C6H13.C5H9NO.2Y/c1-5-10(13)12-9-7-6-8-11(2,3)4;1-5-6(2,3)4;1-3-5(7)6-4-2;;/h1,5-9H2,2-4H3,(H,12,13);1,5H2,2-4H3;1-4H2,(H,6,7);;/q2*-1;-2;;. The van der Waals surface area contributed by atoms with Crippen molar-refractivity contribution in [1.82, 2.24) is 10.6 Å². The zero-order valence-corrected chi connectivity index (χ0v) is 25.1. The largest absolute Gasteiger partial charge is 0.388 e. The first-order valence-electron chi connectivity index (χ1n) is 9.53. The molecule has 6 heteroatoms. The zero-order chi connectivity index (χ0) is 21.2. The fraction of sp³-hybridized carbons (Fsp3) is 0.727. The monoisotopic (exact) mass is 546 g/mol. The Morgan fingerprint density at radius 1 is 0.714 bits per heavy atom. The van der Waals surface area contributed by atoms with E-state index in [4.69, 9.17) is 0 Å². The normalized spacial score (nSPS) is 9.93. The van der Waals surface area contributed by atoms with Crippen LogP contribution in [0.1, 0.15) is 80.1 Å². The van der Waals surface area contributed by atoms with Crippen molar-refractivity contribution >= 4 is 11.8 Å². The Hall–Kier alpha value is 1.15. The van der Waals surface area contributed by atoms with Gasteiger partial charge in [-0.2, -0.15) is 6.42 Å². The third-order valence-corrected chi connectivity index (χ3v) is 3.20. The smallest absolute Gasteiger partial charge is 0.189 e. The summed E-state index contributed by atoms with van der Waals surface area (Å²) in [7, 11) is 0.